The van der Waals surface area contributed by atoms with Crippen LogP contribution in [0.4, 0.5) is 0 Å². The van der Waals surface area contributed by atoms with Crippen LogP contribution in [0, 0.1) is 6.92 Å². The third-order valence-electron chi connectivity index (χ3n) is 3.66. The summed E-state index contributed by atoms with van der Waals surface area (Å²) in [4.78, 5) is 27.9. The maximum absolute atomic E-state index is 12.5. The highest BCUT2D eigenvalue weighted by atomic mass is 16.6. The van der Waals surface area contributed by atoms with Crippen molar-refractivity contribution < 1.29 is 19.1 Å². The molecule has 1 heterocycles. The van der Waals surface area contributed by atoms with Crippen molar-refractivity contribution in [2.24, 2.45) is 0 Å². The fourth-order valence-electron chi connectivity index (χ4n) is 2.61. The average molecular weight is 343 g/mol. The summed E-state index contributed by atoms with van der Waals surface area (Å²) in [5.41, 5.74) is 2.28. The highest BCUT2D eigenvalue weighted by Gasteiger charge is 2.28. The molecule has 1 aromatic heterocycles. The maximum atomic E-state index is 12.5. The van der Waals surface area contributed by atoms with Crippen molar-refractivity contribution in [3.05, 3.63) is 58.4 Å². The number of rotatable bonds is 5. The molecule has 0 fully saturated rings. The van der Waals surface area contributed by atoms with Gasteiger partial charge in [0.1, 0.15) is 17.9 Å². The van der Waals surface area contributed by atoms with E-state index in [1.165, 1.54) is 0 Å². The van der Waals surface area contributed by atoms with Crippen molar-refractivity contribution in [2.45, 2.75) is 53.2 Å². The molecule has 5 heteroatoms. The summed E-state index contributed by atoms with van der Waals surface area (Å²) in [7, 11) is 0. The van der Waals surface area contributed by atoms with Crippen LogP contribution < -0.4 is 0 Å². The molecule has 0 bridgehead atoms. The van der Waals surface area contributed by atoms with E-state index in [4.69, 9.17) is 9.47 Å². The predicted octanol–water partition coefficient (Wildman–Crippen LogP) is 4.20. The van der Waals surface area contributed by atoms with Crippen molar-refractivity contribution in [2.75, 3.05) is 0 Å². The molecule has 0 aliphatic carbocycles. The molecular weight excluding hydrogens is 318 g/mol. The summed E-state index contributed by atoms with van der Waals surface area (Å²) in [6, 6.07) is 9.46. The van der Waals surface area contributed by atoms with E-state index in [1.807, 2.05) is 58.0 Å². The molecule has 0 saturated carbocycles. The molecule has 0 atom stereocenters. The highest BCUT2D eigenvalue weighted by molar-refractivity contribution is 5.98. The molecule has 1 aromatic carbocycles. The van der Waals surface area contributed by atoms with Gasteiger partial charge in [0.05, 0.1) is 5.56 Å². The molecule has 134 valence electrons. The molecule has 0 radical (unpaired) electrons. The number of benzene rings is 1. The molecule has 0 aliphatic rings. The quantitative estimate of drug-likeness (QED) is 0.826. The fourth-order valence-corrected chi connectivity index (χ4v) is 2.61. The Balaban J connectivity index is 2.22. The molecule has 5 nitrogen and oxygen atoms in total. The molecule has 2 aromatic rings. The Kier molecular flexibility index (Phi) is 5.67. The molecule has 0 spiro atoms. The average Bonchev–Trinajstić information content (AvgIpc) is 2.88. The lowest BCUT2D eigenvalue weighted by Gasteiger charge is -2.20. The van der Waals surface area contributed by atoms with Gasteiger partial charge in [-0.1, -0.05) is 37.3 Å². The van der Waals surface area contributed by atoms with Gasteiger partial charge in [-0.25, -0.2) is 9.59 Å². The summed E-state index contributed by atoms with van der Waals surface area (Å²) in [5.74, 6) is -0.904. The number of aryl methyl sites for hydroxylation is 1. The summed E-state index contributed by atoms with van der Waals surface area (Å²) >= 11 is 0. The van der Waals surface area contributed by atoms with Crippen molar-refractivity contribution in [1.82, 2.24) is 4.98 Å². The molecule has 25 heavy (non-hydrogen) atoms. The van der Waals surface area contributed by atoms with E-state index in [1.54, 1.807) is 6.92 Å². The van der Waals surface area contributed by atoms with Crippen LogP contribution in [0.5, 0.6) is 0 Å². The van der Waals surface area contributed by atoms with E-state index in [9.17, 15) is 9.59 Å². The molecule has 0 unspecified atom stereocenters. The van der Waals surface area contributed by atoms with Gasteiger partial charge in [0, 0.05) is 5.69 Å². The van der Waals surface area contributed by atoms with Gasteiger partial charge in [-0.05, 0) is 45.2 Å². The lowest BCUT2D eigenvalue weighted by atomic mass is 10.1. The number of H-pyrrole nitrogens is 1. The smallest absolute Gasteiger partial charge is 0.355 e. The number of aromatic nitrogens is 1. The van der Waals surface area contributed by atoms with Crippen LogP contribution in [0.1, 0.15) is 65.4 Å². The van der Waals surface area contributed by atoms with E-state index in [0.29, 0.717) is 28.9 Å². The minimum absolute atomic E-state index is 0.183. The van der Waals surface area contributed by atoms with Gasteiger partial charge in [-0.15, -0.1) is 0 Å². The first-order valence-corrected chi connectivity index (χ1v) is 8.38. The minimum atomic E-state index is -0.597. The number of hydrogen-bond acceptors (Lipinski definition) is 4. The van der Waals surface area contributed by atoms with Gasteiger partial charge < -0.3 is 14.5 Å². The first-order valence-electron chi connectivity index (χ1n) is 8.38. The number of carbonyl (C=O) groups excluding carboxylic acids is 2. The number of esters is 2. The molecular formula is C20H25NO4. The van der Waals surface area contributed by atoms with Crippen LogP contribution in [0.3, 0.4) is 0 Å². The lowest BCUT2D eigenvalue weighted by molar-refractivity contribution is 0.00678. The molecule has 0 amide bonds. The van der Waals surface area contributed by atoms with Crippen LogP contribution in [0.25, 0.3) is 0 Å². The number of hydrogen-bond donors (Lipinski definition) is 1. The zero-order valence-electron chi connectivity index (χ0n) is 15.4. The number of carbonyl (C=O) groups is 2. The van der Waals surface area contributed by atoms with E-state index >= 15 is 0 Å². The van der Waals surface area contributed by atoms with Gasteiger partial charge in [-0.2, -0.15) is 0 Å². The number of aromatic amines is 1. The Bertz CT molecular complexity index is 754. The zero-order chi connectivity index (χ0) is 18.6. The largest absolute Gasteiger partial charge is 0.456 e. The molecule has 2 rings (SSSR count). The standard InChI is InChI=1S/C20H25NO4/c1-6-15-16(18(22)25-20(3,4)5)13(2)21-17(15)19(23)24-12-14-10-8-7-9-11-14/h7-11,21H,6,12H2,1-5H3. The maximum Gasteiger partial charge on any atom is 0.355 e. The zero-order valence-corrected chi connectivity index (χ0v) is 15.4. The summed E-state index contributed by atoms with van der Waals surface area (Å²) in [5, 5.41) is 0. The number of nitrogens with one attached hydrogen (secondary N) is 1. The van der Waals surface area contributed by atoms with Crippen molar-refractivity contribution >= 4 is 11.9 Å². The Morgan fingerprint density at radius 1 is 1.08 bits per heavy atom. The lowest BCUT2D eigenvalue weighted by Crippen LogP contribution is -2.24. The second-order valence-corrected chi connectivity index (χ2v) is 6.90. The van der Waals surface area contributed by atoms with Gasteiger partial charge >= 0.3 is 11.9 Å². The minimum Gasteiger partial charge on any atom is -0.456 e. The SMILES string of the molecule is CCc1c(C(=O)OCc2ccccc2)[nH]c(C)c1C(=O)OC(C)(C)C. The summed E-state index contributed by atoms with van der Waals surface area (Å²) < 4.78 is 10.8. The van der Waals surface area contributed by atoms with E-state index in [0.717, 1.165) is 5.56 Å². The third kappa shape index (κ3) is 4.72. The van der Waals surface area contributed by atoms with E-state index in [2.05, 4.69) is 4.98 Å². The van der Waals surface area contributed by atoms with Crippen molar-refractivity contribution in [1.29, 1.82) is 0 Å². The van der Waals surface area contributed by atoms with Gasteiger partial charge in [0.25, 0.3) is 0 Å². The van der Waals surface area contributed by atoms with Crippen molar-refractivity contribution in [3.8, 4) is 0 Å². The van der Waals surface area contributed by atoms with Gasteiger partial charge in [-0.3, -0.25) is 0 Å². The monoisotopic (exact) mass is 343 g/mol. The third-order valence-corrected chi connectivity index (χ3v) is 3.66. The van der Waals surface area contributed by atoms with Crippen molar-refractivity contribution in [3.63, 3.8) is 0 Å². The first-order chi connectivity index (χ1) is 11.7. The van der Waals surface area contributed by atoms with E-state index < -0.39 is 17.5 Å². The Labute approximate surface area is 148 Å². The molecule has 1 N–H and O–H groups in total. The normalized spacial score (nSPS) is 11.2. The predicted molar refractivity (Wildman–Crippen MR) is 95.6 cm³/mol. The molecule has 0 saturated heterocycles. The van der Waals surface area contributed by atoms with Crippen LogP contribution in [-0.2, 0) is 22.5 Å². The van der Waals surface area contributed by atoms with Crippen LogP contribution in [0.15, 0.2) is 30.3 Å². The van der Waals surface area contributed by atoms with Crippen LogP contribution in [0.2, 0.25) is 0 Å². The van der Waals surface area contributed by atoms with Crippen LogP contribution >= 0.6 is 0 Å². The summed E-state index contributed by atoms with van der Waals surface area (Å²) in [6.07, 6.45) is 0.523. The Hall–Kier alpha value is -2.56. The molecule has 0 aliphatic heterocycles. The van der Waals surface area contributed by atoms with Gasteiger partial charge in [0.2, 0.25) is 0 Å². The van der Waals surface area contributed by atoms with E-state index in [-0.39, 0.29) is 6.61 Å². The Morgan fingerprint density at radius 2 is 1.72 bits per heavy atom. The highest BCUT2D eigenvalue weighted by Crippen LogP contribution is 2.24. The first kappa shape index (κ1) is 18.8. The second kappa shape index (κ2) is 7.55. The van der Waals surface area contributed by atoms with Gasteiger partial charge in [0.15, 0.2) is 0 Å². The summed E-state index contributed by atoms with van der Waals surface area (Å²) in [6.45, 7) is 9.27. The number of ether oxygens (including phenoxy) is 2. The fraction of sp³-hybridized carbons (Fsp3) is 0.400. The topological polar surface area (TPSA) is 68.4 Å². The Morgan fingerprint density at radius 3 is 2.28 bits per heavy atom. The second-order valence-electron chi connectivity index (χ2n) is 6.90. The van der Waals surface area contributed by atoms with Crippen LogP contribution in [-0.4, -0.2) is 22.5 Å².